The summed E-state index contributed by atoms with van der Waals surface area (Å²) in [5, 5.41) is 3.16. The smallest absolute Gasteiger partial charge is 0.240 e. The number of nitrogens with one attached hydrogen (secondary N) is 2. The van der Waals surface area contributed by atoms with Crippen molar-refractivity contribution in [2.75, 3.05) is 11.9 Å². The van der Waals surface area contributed by atoms with Gasteiger partial charge in [-0.15, -0.1) is 0 Å². The molecule has 0 saturated carbocycles. The van der Waals surface area contributed by atoms with E-state index in [2.05, 4.69) is 10.0 Å². The van der Waals surface area contributed by atoms with Crippen molar-refractivity contribution in [3.63, 3.8) is 0 Å². The van der Waals surface area contributed by atoms with Gasteiger partial charge in [-0.25, -0.2) is 13.1 Å². The van der Waals surface area contributed by atoms with E-state index in [1.165, 1.54) is 12.1 Å². The van der Waals surface area contributed by atoms with Crippen LogP contribution < -0.4 is 10.0 Å². The van der Waals surface area contributed by atoms with Crippen molar-refractivity contribution in [1.29, 1.82) is 0 Å². The molecular formula is C15H14Cl2N2O3S. The molecule has 2 aromatic rings. The maximum atomic E-state index is 12.0. The summed E-state index contributed by atoms with van der Waals surface area (Å²) in [5.41, 5.74) is 0.384. The molecule has 0 aromatic heterocycles. The number of rotatable bonds is 6. The molecular weight excluding hydrogens is 359 g/mol. The van der Waals surface area contributed by atoms with E-state index < -0.39 is 10.0 Å². The summed E-state index contributed by atoms with van der Waals surface area (Å²) >= 11 is 11.8. The third-order valence-electron chi connectivity index (χ3n) is 2.92. The van der Waals surface area contributed by atoms with Crippen LogP contribution in [0.15, 0.2) is 53.4 Å². The van der Waals surface area contributed by atoms with Crippen LogP contribution in [0.5, 0.6) is 0 Å². The van der Waals surface area contributed by atoms with Gasteiger partial charge in [0.25, 0.3) is 0 Å². The molecule has 0 fully saturated rings. The monoisotopic (exact) mass is 372 g/mol. The second-order valence-corrected chi connectivity index (χ2v) is 7.16. The standard InChI is InChI=1S/C15H14Cl2N2O3S/c16-12-7-4-8-13(15(12)17)19-14(20)9-10-18-23(21,22)11-5-2-1-3-6-11/h1-8,18H,9-10H2,(H,19,20). The zero-order valence-corrected chi connectivity index (χ0v) is 14.3. The highest BCUT2D eigenvalue weighted by molar-refractivity contribution is 7.89. The maximum absolute atomic E-state index is 12.0. The summed E-state index contributed by atoms with van der Waals surface area (Å²) in [6.07, 6.45) is -0.0328. The Balaban J connectivity index is 1.89. The Labute approximate surface area is 144 Å². The number of amides is 1. The van der Waals surface area contributed by atoms with Crippen LogP contribution in [-0.4, -0.2) is 20.9 Å². The lowest BCUT2D eigenvalue weighted by Crippen LogP contribution is -2.27. The first-order valence-corrected chi connectivity index (χ1v) is 8.92. The zero-order valence-electron chi connectivity index (χ0n) is 11.9. The molecule has 122 valence electrons. The molecule has 1 amide bonds. The van der Waals surface area contributed by atoms with E-state index in [1.54, 1.807) is 36.4 Å². The van der Waals surface area contributed by atoms with E-state index in [9.17, 15) is 13.2 Å². The highest BCUT2D eigenvalue weighted by atomic mass is 35.5. The van der Waals surface area contributed by atoms with Gasteiger partial charge in [-0.2, -0.15) is 0 Å². The molecule has 8 heteroatoms. The van der Waals surface area contributed by atoms with Crippen molar-refractivity contribution >= 4 is 44.8 Å². The van der Waals surface area contributed by atoms with Gasteiger partial charge in [0.1, 0.15) is 0 Å². The van der Waals surface area contributed by atoms with E-state index in [-0.39, 0.29) is 28.8 Å². The second-order valence-electron chi connectivity index (χ2n) is 4.61. The van der Waals surface area contributed by atoms with E-state index in [0.717, 1.165) is 0 Å². The molecule has 2 aromatic carbocycles. The van der Waals surface area contributed by atoms with E-state index >= 15 is 0 Å². The fourth-order valence-corrected chi connectivity index (χ4v) is 3.20. The number of sulfonamides is 1. The number of hydrogen-bond donors (Lipinski definition) is 2. The van der Waals surface area contributed by atoms with Crippen molar-refractivity contribution in [2.45, 2.75) is 11.3 Å². The van der Waals surface area contributed by atoms with Crippen LogP contribution in [-0.2, 0) is 14.8 Å². The van der Waals surface area contributed by atoms with E-state index in [4.69, 9.17) is 23.2 Å². The molecule has 5 nitrogen and oxygen atoms in total. The lowest BCUT2D eigenvalue weighted by atomic mass is 10.3. The van der Waals surface area contributed by atoms with Crippen LogP contribution in [0.25, 0.3) is 0 Å². The Hall–Kier alpha value is -1.60. The summed E-state index contributed by atoms with van der Waals surface area (Å²) in [5.74, 6) is -0.370. The molecule has 0 aliphatic rings. The van der Waals surface area contributed by atoms with Gasteiger partial charge in [-0.3, -0.25) is 4.79 Å². The Bertz CT molecular complexity index is 796. The quantitative estimate of drug-likeness (QED) is 0.816. The highest BCUT2D eigenvalue weighted by Gasteiger charge is 2.14. The topological polar surface area (TPSA) is 75.3 Å². The van der Waals surface area contributed by atoms with Crippen molar-refractivity contribution in [3.05, 3.63) is 58.6 Å². The van der Waals surface area contributed by atoms with Gasteiger partial charge < -0.3 is 5.32 Å². The zero-order chi connectivity index (χ0) is 16.9. The molecule has 23 heavy (non-hydrogen) atoms. The molecule has 0 unspecified atom stereocenters. The van der Waals surface area contributed by atoms with Crippen LogP contribution in [0.1, 0.15) is 6.42 Å². The molecule has 0 spiro atoms. The van der Waals surface area contributed by atoms with Crippen molar-refractivity contribution < 1.29 is 13.2 Å². The molecule has 2 N–H and O–H groups in total. The predicted octanol–water partition coefficient (Wildman–Crippen LogP) is 3.30. The molecule has 2 rings (SSSR count). The third-order valence-corrected chi connectivity index (χ3v) is 5.22. The van der Waals surface area contributed by atoms with E-state index in [1.807, 2.05) is 0 Å². The first-order valence-electron chi connectivity index (χ1n) is 6.69. The summed E-state index contributed by atoms with van der Waals surface area (Å²) in [7, 11) is -3.62. The summed E-state index contributed by atoms with van der Waals surface area (Å²) in [4.78, 5) is 12.0. The van der Waals surface area contributed by atoms with Gasteiger partial charge in [-0.05, 0) is 24.3 Å². The number of benzene rings is 2. The van der Waals surface area contributed by atoms with Crippen LogP contribution in [0.4, 0.5) is 5.69 Å². The SMILES string of the molecule is O=C(CCNS(=O)(=O)c1ccccc1)Nc1cccc(Cl)c1Cl. The van der Waals surface area contributed by atoms with E-state index in [0.29, 0.717) is 10.7 Å². The summed E-state index contributed by atoms with van der Waals surface area (Å²) in [6.45, 7) is -0.0265. The first-order chi connectivity index (χ1) is 10.9. The minimum Gasteiger partial charge on any atom is -0.325 e. The lowest BCUT2D eigenvalue weighted by Gasteiger charge is -2.09. The highest BCUT2D eigenvalue weighted by Crippen LogP contribution is 2.29. The van der Waals surface area contributed by atoms with Crippen molar-refractivity contribution in [2.24, 2.45) is 0 Å². The lowest BCUT2D eigenvalue weighted by molar-refractivity contribution is -0.116. The number of carbonyl (C=O) groups is 1. The van der Waals surface area contributed by atoms with Crippen LogP contribution >= 0.6 is 23.2 Å². The van der Waals surface area contributed by atoms with Crippen LogP contribution in [0, 0.1) is 0 Å². The van der Waals surface area contributed by atoms with Gasteiger partial charge in [0.05, 0.1) is 20.6 Å². The minimum absolute atomic E-state index is 0.0265. The Morgan fingerprint density at radius 3 is 2.39 bits per heavy atom. The Morgan fingerprint density at radius 2 is 1.70 bits per heavy atom. The van der Waals surface area contributed by atoms with Gasteiger partial charge in [0.2, 0.25) is 15.9 Å². The fraction of sp³-hybridized carbons (Fsp3) is 0.133. The third kappa shape index (κ3) is 4.94. The normalized spacial score (nSPS) is 11.2. The minimum atomic E-state index is -3.62. The average Bonchev–Trinajstić information content (AvgIpc) is 2.52. The molecule has 0 aliphatic carbocycles. The number of hydrogen-bond acceptors (Lipinski definition) is 3. The largest absolute Gasteiger partial charge is 0.325 e. The van der Waals surface area contributed by atoms with Crippen LogP contribution in [0.3, 0.4) is 0 Å². The summed E-state index contributed by atoms with van der Waals surface area (Å²) < 4.78 is 26.3. The molecule has 0 saturated heterocycles. The van der Waals surface area contributed by atoms with Crippen LogP contribution in [0.2, 0.25) is 10.0 Å². The van der Waals surface area contributed by atoms with Gasteiger partial charge >= 0.3 is 0 Å². The summed E-state index contributed by atoms with van der Waals surface area (Å²) in [6, 6.07) is 12.8. The van der Waals surface area contributed by atoms with Gasteiger partial charge in [-0.1, -0.05) is 47.5 Å². The number of halogens is 2. The fourth-order valence-electron chi connectivity index (χ4n) is 1.79. The average molecular weight is 373 g/mol. The second kappa shape index (κ2) is 7.79. The number of anilines is 1. The Kier molecular flexibility index (Phi) is 6.01. The molecule has 0 bridgehead atoms. The van der Waals surface area contributed by atoms with Crippen molar-refractivity contribution in [3.8, 4) is 0 Å². The first kappa shape index (κ1) is 17.7. The van der Waals surface area contributed by atoms with Gasteiger partial charge in [0.15, 0.2) is 0 Å². The molecule has 0 aliphatic heterocycles. The predicted molar refractivity (Wildman–Crippen MR) is 91.3 cm³/mol. The van der Waals surface area contributed by atoms with Gasteiger partial charge in [0, 0.05) is 13.0 Å². The Morgan fingerprint density at radius 1 is 1.00 bits per heavy atom. The molecule has 0 atom stereocenters. The van der Waals surface area contributed by atoms with Crippen molar-refractivity contribution in [1.82, 2.24) is 4.72 Å². The maximum Gasteiger partial charge on any atom is 0.240 e. The number of carbonyl (C=O) groups excluding carboxylic acids is 1. The molecule has 0 heterocycles. The molecule has 0 radical (unpaired) electrons.